The third-order valence-electron chi connectivity index (χ3n) is 2.83. The number of amides is 1. The van der Waals surface area contributed by atoms with Crippen molar-refractivity contribution in [2.75, 3.05) is 11.9 Å². The summed E-state index contributed by atoms with van der Waals surface area (Å²) in [5.41, 5.74) is 0.733. The number of hydrogen-bond acceptors (Lipinski definition) is 4. The number of anilines is 1. The lowest BCUT2D eigenvalue weighted by molar-refractivity contribution is -0.115. The molecule has 0 aliphatic rings. The fourth-order valence-corrected chi connectivity index (χ4v) is 2.81. The monoisotopic (exact) mass is 357 g/mol. The summed E-state index contributed by atoms with van der Waals surface area (Å²) in [6.45, 7) is 1.12. The highest BCUT2D eigenvalue weighted by atomic mass is 35.5. The topological polar surface area (TPSA) is 88.2 Å². The zero-order valence-electron chi connectivity index (χ0n) is 12.0. The number of carbonyl (C=O) groups excluding carboxylic acids is 1. The van der Waals surface area contributed by atoms with Crippen molar-refractivity contribution in [3.8, 4) is 0 Å². The van der Waals surface area contributed by atoms with E-state index in [4.69, 9.17) is 11.6 Å². The average molecular weight is 358 g/mol. The molecule has 0 bridgehead atoms. The first-order valence-corrected chi connectivity index (χ1v) is 8.31. The van der Waals surface area contributed by atoms with Crippen LogP contribution in [0, 0.1) is 12.7 Å². The minimum Gasteiger partial charge on any atom is -0.325 e. The molecule has 9 heteroatoms. The number of pyridine rings is 1. The molecule has 2 aromatic rings. The standard InChI is InChI=1S/C14H13ClFN3O3S/c1-9-5-12(7-17-14(9)15)23(21,22)18-8-13(20)19-11-4-2-3-10(16)6-11/h2-7,18H,8H2,1H3,(H,19,20). The number of aryl methyl sites for hydroxylation is 1. The number of rotatable bonds is 5. The molecule has 0 unspecified atom stereocenters. The number of hydrogen-bond donors (Lipinski definition) is 2. The Hall–Kier alpha value is -2.03. The minimum absolute atomic E-state index is 0.0991. The van der Waals surface area contributed by atoms with E-state index >= 15 is 0 Å². The van der Waals surface area contributed by atoms with E-state index in [2.05, 4.69) is 15.0 Å². The van der Waals surface area contributed by atoms with Crippen LogP contribution in [0.4, 0.5) is 10.1 Å². The predicted molar refractivity (Wildman–Crippen MR) is 84.2 cm³/mol. The number of nitrogens with one attached hydrogen (secondary N) is 2. The van der Waals surface area contributed by atoms with Crippen LogP contribution in [0.2, 0.25) is 5.15 Å². The van der Waals surface area contributed by atoms with Gasteiger partial charge in [0.25, 0.3) is 0 Å². The molecular weight excluding hydrogens is 345 g/mol. The molecule has 2 N–H and O–H groups in total. The van der Waals surface area contributed by atoms with E-state index in [1.807, 2.05) is 0 Å². The Morgan fingerprint density at radius 1 is 1.35 bits per heavy atom. The summed E-state index contributed by atoms with van der Waals surface area (Å²) in [4.78, 5) is 15.4. The molecule has 0 saturated heterocycles. The Balaban J connectivity index is 2.01. The van der Waals surface area contributed by atoms with Gasteiger partial charge in [0.15, 0.2) is 0 Å². The molecule has 0 aliphatic heterocycles. The van der Waals surface area contributed by atoms with Crippen molar-refractivity contribution < 1.29 is 17.6 Å². The van der Waals surface area contributed by atoms with Gasteiger partial charge in [-0.3, -0.25) is 4.79 Å². The van der Waals surface area contributed by atoms with Crippen molar-refractivity contribution in [1.29, 1.82) is 0 Å². The molecule has 0 spiro atoms. The van der Waals surface area contributed by atoms with Crippen LogP contribution >= 0.6 is 11.6 Å². The summed E-state index contributed by atoms with van der Waals surface area (Å²) in [6, 6.07) is 6.62. The maximum Gasteiger partial charge on any atom is 0.242 e. The van der Waals surface area contributed by atoms with Gasteiger partial charge in [0.1, 0.15) is 15.9 Å². The third-order valence-corrected chi connectivity index (χ3v) is 4.59. The van der Waals surface area contributed by atoms with Crippen molar-refractivity contribution in [3.63, 3.8) is 0 Å². The Morgan fingerprint density at radius 2 is 2.09 bits per heavy atom. The van der Waals surface area contributed by atoms with Crippen LogP contribution in [0.15, 0.2) is 41.4 Å². The van der Waals surface area contributed by atoms with E-state index in [9.17, 15) is 17.6 Å². The number of aromatic nitrogens is 1. The van der Waals surface area contributed by atoms with Gasteiger partial charge in [-0.1, -0.05) is 17.7 Å². The second kappa shape index (κ2) is 7.03. The Morgan fingerprint density at radius 3 is 2.74 bits per heavy atom. The molecule has 1 heterocycles. The van der Waals surface area contributed by atoms with E-state index in [1.54, 1.807) is 6.92 Å². The summed E-state index contributed by atoms with van der Waals surface area (Å²) < 4.78 is 39.3. The Bertz CT molecular complexity index is 843. The predicted octanol–water partition coefficient (Wildman–Crippen LogP) is 2.10. The van der Waals surface area contributed by atoms with Gasteiger partial charge in [0, 0.05) is 11.9 Å². The molecule has 0 saturated carbocycles. The second-order valence-corrected chi connectivity index (χ2v) is 6.79. The second-order valence-electron chi connectivity index (χ2n) is 4.66. The van der Waals surface area contributed by atoms with Gasteiger partial charge in [0.2, 0.25) is 15.9 Å². The smallest absolute Gasteiger partial charge is 0.242 e. The zero-order chi connectivity index (χ0) is 17.0. The molecule has 2 rings (SSSR count). The van der Waals surface area contributed by atoms with Crippen LogP contribution in [0.1, 0.15) is 5.56 Å². The first-order chi connectivity index (χ1) is 10.8. The lowest BCUT2D eigenvalue weighted by Crippen LogP contribution is -2.33. The Kier molecular flexibility index (Phi) is 5.30. The third kappa shape index (κ3) is 4.72. The van der Waals surface area contributed by atoms with Gasteiger partial charge in [0.05, 0.1) is 6.54 Å². The largest absolute Gasteiger partial charge is 0.325 e. The number of sulfonamides is 1. The lowest BCUT2D eigenvalue weighted by Gasteiger charge is -2.08. The van der Waals surface area contributed by atoms with Crippen molar-refractivity contribution in [2.24, 2.45) is 0 Å². The zero-order valence-corrected chi connectivity index (χ0v) is 13.6. The fourth-order valence-electron chi connectivity index (χ4n) is 1.69. The van der Waals surface area contributed by atoms with Gasteiger partial charge in [-0.2, -0.15) is 0 Å². The molecule has 122 valence electrons. The molecule has 0 fully saturated rings. The highest BCUT2D eigenvalue weighted by molar-refractivity contribution is 7.89. The number of nitrogens with zero attached hydrogens (tertiary/aromatic N) is 1. The van der Waals surface area contributed by atoms with E-state index in [0.29, 0.717) is 5.56 Å². The fraction of sp³-hybridized carbons (Fsp3) is 0.143. The van der Waals surface area contributed by atoms with Crippen LogP contribution in [-0.4, -0.2) is 25.9 Å². The summed E-state index contributed by atoms with van der Waals surface area (Å²) in [5, 5.41) is 2.59. The first kappa shape index (κ1) is 17.3. The van der Waals surface area contributed by atoms with Gasteiger partial charge in [-0.05, 0) is 36.8 Å². The normalized spacial score (nSPS) is 11.3. The quantitative estimate of drug-likeness (QED) is 0.802. The average Bonchev–Trinajstić information content (AvgIpc) is 2.48. The minimum atomic E-state index is -3.90. The molecule has 1 aromatic heterocycles. The summed E-state index contributed by atoms with van der Waals surface area (Å²) in [5.74, 6) is -1.14. The van der Waals surface area contributed by atoms with Crippen molar-refractivity contribution >= 4 is 33.2 Å². The van der Waals surface area contributed by atoms with Crippen LogP contribution in [0.25, 0.3) is 0 Å². The maximum absolute atomic E-state index is 13.0. The molecule has 1 aromatic carbocycles. The van der Waals surface area contributed by atoms with Crippen molar-refractivity contribution in [1.82, 2.24) is 9.71 Å². The summed E-state index contributed by atoms with van der Waals surface area (Å²) in [7, 11) is -3.90. The van der Waals surface area contributed by atoms with Gasteiger partial charge >= 0.3 is 0 Å². The molecular formula is C14H13ClFN3O3S. The summed E-state index contributed by atoms with van der Waals surface area (Å²) in [6.07, 6.45) is 1.10. The van der Waals surface area contributed by atoms with Crippen molar-refractivity contribution in [2.45, 2.75) is 11.8 Å². The molecule has 0 aliphatic carbocycles. The maximum atomic E-state index is 13.0. The first-order valence-electron chi connectivity index (χ1n) is 6.45. The highest BCUT2D eigenvalue weighted by Gasteiger charge is 2.17. The van der Waals surface area contributed by atoms with Crippen LogP contribution in [0.3, 0.4) is 0 Å². The van der Waals surface area contributed by atoms with Crippen molar-refractivity contribution in [3.05, 3.63) is 53.1 Å². The molecule has 1 amide bonds. The van der Waals surface area contributed by atoms with Crippen LogP contribution < -0.4 is 10.0 Å². The van der Waals surface area contributed by atoms with Gasteiger partial charge in [-0.15, -0.1) is 0 Å². The van der Waals surface area contributed by atoms with E-state index < -0.39 is 28.3 Å². The van der Waals surface area contributed by atoms with E-state index in [0.717, 1.165) is 12.3 Å². The lowest BCUT2D eigenvalue weighted by atomic mass is 10.3. The number of benzene rings is 1. The van der Waals surface area contributed by atoms with Gasteiger partial charge in [-0.25, -0.2) is 22.5 Å². The van der Waals surface area contributed by atoms with Crippen LogP contribution in [-0.2, 0) is 14.8 Å². The SMILES string of the molecule is Cc1cc(S(=O)(=O)NCC(=O)Nc2cccc(F)c2)cnc1Cl. The van der Waals surface area contributed by atoms with E-state index in [1.165, 1.54) is 24.3 Å². The summed E-state index contributed by atoms with van der Waals surface area (Å²) >= 11 is 5.74. The number of carbonyl (C=O) groups is 1. The van der Waals surface area contributed by atoms with Gasteiger partial charge < -0.3 is 5.32 Å². The Labute approximate surface area is 137 Å². The van der Waals surface area contributed by atoms with E-state index in [-0.39, 0.29) is 15.7 Å². The molecule has 6 nitrogen and oxygen atoms in total. The number of halogens is 2. The molecule has 23 heavy (non-hydrogen) atoms. The molecule has 0 radical (unpaired) electrons. The highest BCUT2D eigenvalue weighted by Crippen LogP contribution is 2.16. The van der Waals surface area contributed by atoms with Crippen LogP contribution in [0.5, 0.6) is 0 Å². The molecule has 0 atom stereocenters.